The minimum absolute atomic E-state index is 0.0503. The molecule has 0 aliphatic rings. The molecule has 1 heterocycles. The molecule has 2 amide bonds. The van der Waals surface area contributed by atoms with Crippen molar-refractivity contribution >= 4 is 11.8 Å². The first kappa shape index (κ1) is 16.2. The van der Waals surface area contributed by atoms with Crippen molar-refractivity contribution in [1.82, 2.24) is 15.6 Å². The topological polar surface area (TPSA) is 101 Å². The number of nitrogens with two attached hydrogens (primary N) is 1. The Balaban J connectivity index is 2.60. The zero-order chi connectivity index (χ0) is 15.3. The molecule has 1 aromatic rings. The maximum Gasteiger partial charge on any atom is 0.301 e. The van der Waals surface area contributed by atoms with Gasteiger partial charge in [0.15, 0.2) is 5.76 Å². The van der Waals surface area contributed by atoms with E-state index in [1.165, 1.54) is 0 Å². The monoisotopic (exact) mass is 282 g/mol. The summed E-state index contributed by atoms with van der Waals surface area (Å²) in [7, 11) is 1.81. The molecule has 0 spiro atoms. The Kier molecular flexibility index (Phi) is 5.72. The number of nitrogens with one attached hydrogen (secondary N) is 2. The van der Waals surface area contributed by atoms with E-state index < -0.39 is 5.91 Å². The molecule has 1 rings (SSSR count). The molecule has 1 aromatic heterocycles. The zero-order valence-corrected chi connectivity index (χ0v) is 12.3. The third-order valence-electron chi connectivity index (χ3n) is 2.60. The van der Waals surface area contributed by atoms with Gasteiger partial charge in [-0.25, -0.2) is 5.84 Å². The van der Waals surface area contributed by atoms with E-state index in [4.69, 9.17) is 10.3 Å². The summed E-state index contributed by atoms with van der Waals surface area (Å²) in [5.41, 5.74) is 2.74. The van der Waals surface area contributed by atoms with Crippen molar-refractivity contribution in [2.75, 3.05) is 13.6 Å². The van der Waals surface area contributed by atoms with Crippen LogP contribution in [-0.2, 0) is 11.3 Å². The van der Waals surface area contributed by atoms with Crippen LogP contribution in [0.15, 0.2) is 10.5 Å². The third-order valence-corrected chi connectivity index (χ3v) is 2.60. The maximum atomic E-state index is 11.6. The summed E-state index contributed by atoms with van der Waals surface area (Å²) in [4.78, 5) is 24.8. The van der Waals surface area contributed by atoms with Gasteiger partial charge in [0.1, 0.15) is 5.76 Å². The van der Waals surface area contributed by atoms with Crippen molar-refractivity contribution in [3.63, 3.8) is 0 Å². The number of nitrogen functional groups attached to an aromatic ring is 1. The number of aryl methyl sites for hydroxylation is 1. The van der Waals surface area contributed by atoms with Gasteiger partial charge in [0.05, 0.1) is 13.1 Å². The predicted molar refractivity (Wildman–Crippen MR) is 74.7 cm³/mol. The van der Waals surface area contributed by atoms with E-state index >= 15 is 0 Å². The number of carbonyl (C=O) groups excluding carboxylic acids is 2. The smallest absolute Gasteiger partial charge is 0.301 e. The van der Waals surface area contributed by atoms with Gasteiger partial charge < -0.3 is 9.73 Å². The summed E-state index contributed by atoms with van der Waals surface area (Å²) >= 11 is 0. The number of carbonyl (C=O) groups is 2. The number of likely N-dealkylation sites (N-methyl/N-ethyl adjacent to an activating group) is 1. The lowest BCUT2D eigenvalue weighted by atomic mass is 10.2. The first-order valence-electron chi connectivity index (χ1n) is 6.41. The fourth-order valence-corrected chi connectivity index (χ4v) is 1.85. The van der Waals surface area contributed by atoms with E-state index in [1.807, 2.05) is 19.3 Å². The van der Waals surface area contributed by atoms with Crippen LogP contribution in [0.25, 0.3) is 0 Å². The minimum Gasteiger partial charge on any atom is -0.454 e. The molecule has 20 heavy (non-hydrogen) atoms. The molecule has 0 saturated carbocycles. The fraction of sp³-hybridized carbons (Fsp3) is 0.538. The Morgan fingerprint density at radius 2 is 2.10 bits per heavy atom. The summed E-state index contributed by atoms with van der Waals surface area (Å²) < 4.78 is 5.44. The van der Waals surface area contributed by atoms with Crippen LogP contribution in [0, 0.1) is 6.92 Å². The van der Waals surface area contributed by atoms with Crippen LogP contribution in [0.1, 0.15) is 35.7 Å². The second-order valence-corrected chi connectivity index (χ2v) is 5.09. The van der Waals surface area contributed by atoms with Crippen LogP contribution in [0.3, 0.4) is 0 Å². The Hall–Kier alpha value is -1.86. The second kappa shape index (κ2) is 7.06. The number of amides is 2. The summed E-state index contributed by atoms with van der Waals surface area (Å²) in [6.45, 7) is 6.28. The van der Waals surface area contributed by atoms with Gasteiger partial charge in [0.2, 0.25) is 5.91 Å². The minimum atomic E-state index is -0.464. The highest BCUT2D eigenvalue weighted by Crippen LogP contribution is 2.15. The molecule has 4 N–H and O–H groups in total. The quantitative estimate of drug-likeness (QED) is 0.392. The molecular weight excluding hydrogens is 260 g/mol. The molecule has 0 unspecified atom stereocenters. The number of furan rings is 1. The van der Waals surface area contributed by atoms with E-state index in [1.54, 1.807) is 24.9 Å². The van der Waals surface area contributed by atoms with Crippen molar-refractivity contribution in [1.29, 1.82) is 0 Å². The van der Waals surface area contributed by atoms with E-state index in [9.17, 15) is 9.59 Å². The van der Waals surface area contributed by atoms with Crippen molar-refractivity contribution < 1.29 is 14.0 Å². The first-order chi connectivity index (χ1) is 9.33. The van der Waals surface area contributed by atoms with Gasteiger partial charge in [0.25, 0.3) is 0 Å². The lowest BCUT2D eigenvalue weighted by molar-refractivity contribution is -0.122. The zero-order valence-electron chi connectivity index (χ0n) is 12.3. The molecule has 0 radical (unpaired) electrons. The standard InChI is InChI=1S/C13H22N4O3/c1-8(2)15-11(18)7-17(4)6-10-5-9(3)12(20-10)13(19)16-14/h5,8H,6-7,14H2,1-4H3,(H,15,18)(H,16,19). The highest BCUT2D eigenvalue weighted by Gasteiger charge is 2.16. The van der Waals surface area contributed by atoms with Gasteiger partial charge in [0, 0.05) is 11.6 Å². The largest absolute Gasteiger partial charge is 0.454 e. The maximum absolute atomic E-state index is 11.6. The number of rotatable bonds is 6. The molecule has 7 nitrogen and oxygen atoms in total. The molecular formula is C13H22N4O3. The Bertz CT molecular complexity index is 482. The fourth-order valence-electron chi connectivity index (χ4n) is 1.85. The van der Waals surface area contributed by atoms with Crippen LogP contribution < -0.4 is 16.6 Å². The normalized spacial score (nSPS) is 10.9. The van der Waals surface area contributed by atoms with Crippen LogP contribution >= 0.6 is 0 Å². The van der Waals surface area contributed by atoms with E-state index in [0.717, 1.165) is 0 Å². The van der Waals surface area contributed by atoms with Gasteiger partial charge in [-0.1, -0.05) is 0 Å². The molecule has 0 bridgehead atoms. The molecule has 112 valence electrons. The van der Waals surface area contributed by atoms with Crippen LogP contribution in [0.2, 0.25) is 0 Å². The van der Waals surface area contributed by atoms with Crippen molar-refractivity contribution in [2.24, 2.45) is 5.84 Å². The van der Waals surface area contributed by atoms with Gasteiger partial charge in [-0.05, 0) is 33.9 Å². The van der Waals surface area contributed by atoms with Gasteiger partial charge >= 0.3 is 5.91 Å². The van der Waals surface area contributed by atoms with E-state index in [2.05, 4.69) is 5.32 Å². The lowest BCUT2D eigenvalue weighted by Gasteiger charge is -2.16. The van der Waals surface area contributed by atoms with Gasteiger partial charge in [-0.15, -0.1) is 0 Å². The summed E-state index contributed by atoms with van der Waals surface area (Å²) in [5.74, 6) is 5.37. The highest BCUT2D eigenvalue weighted by molar-refractivity contribution is 5.92. The summed E-state index contributed by atoms with van der Waals surface area (Å²) in [5, 5.41) is 2.81. The lowest BCUT2D eigenvalue weighted by Crippen LogP contribution is -2.38. The van der Waals surface area contributed by atoms with Crippen LogP contribution in [0.5, 0.6) is 0 Å². The molecule has 0 aliphatic heterocycles. The number of hydrazine groups is 1. The molecule has 0 aromatic carbocycles. The van der Waals surface area contributed by atoms with Gasteiger partial charge in [-0.2, -0.15) is 0 Å². The number of nitrogens with zero attached hydrogens (tertiary/aromatic N) is 1. The molecule has 0 saturated heterocycles. The molecule has 7 heteroatoms. The Morgan fingerprint density at radius 1 is 1.45 bits per heavy atom. The van der Waals surface area contributed by atoms with E-state index in [-0.39, 0.29) is 24.3 Å². The molecule has 0 atom stereocenters. The summed E-state index contributed by atoms with van der Waals surface area (Å²) in [6, 6.07) is 1.88. The van der Waals surface area contributed by atoms with Crippen LogP contribution in [-0.4, -0.2) is 36.3 Å². The SMILES string of the molecule is Cc1cc(CN(C)CC(=O)NC(C)C)oc1C(=O)NN. The van der Waals surface area contributed by atoms with Crippen molar-refractivity contribution in [3.05, 3.63) is 23.2 Å². The van der Waals surface area contributed by atoms with Crippen molar-refractivity contribution in [3.8, 4) is 0 Å². The molecule has 0 aliphatic carbocycles. The van der Waals surface area contributed by atoms with Crippen molar-refractivity contribution in [2.45, 2.75) is 33.4 Å². The van der Waals surface area contributed by atoms with Crippen LogP contribution in [0.4, 0.5) is 0 Å². The Labute approximate surface area is 118 Å². The summed E-state index contributed by atoms with van der Waals surface area (Å²) in [6.07, 6.45) is 0. The molecule has 0 fully saturated rings. The highest BCUT2D eigenvalue weighted by atomic mass is 16.4. The predicted octanol–water partition coefficient (Wildman–Crippen LogP) is 0.148. The second-order valence-electron chi connectivity index (χ2n) is 5.09. The average molecular weight is 282 g/mol. The number of hydrogen-bond acceptors (Lipinski definition) is 5. The number of hydrogen-bond donors (Lipinski definition) is 3. The average Bonchev–Trinajstić information content (AvgIpc) is 2.67. The first-order valence-corrected chi connectivity index (χ1v) is 6.41. The van der Waals surface area contributed by atoms with Gasteiger partial charge in [-0.3, -0.25) is 19.9 Å². The van der Waals surface area contributed by atoms with E-state index in [0.29, 0.717) is 17.9 Å². The third kappa shape index (κ3) is 4.67. The Morgan fingerprint density at radius 3 is 2.65 bits per heavy atom.